The van der Waals surface area contributed by atoms with Crippen LogP contribution in [0.1, 0.15) is 194 Å². The maximum atomic E-state index is 13.3. The molecule has 0 aliphatic carbocycles. The third-order valence-electron chi connectivity index (χ3n) is 14.9. The Hall–Kier alpha value is -4.65. The Morgan fingerprint density at radius 3 is 1.25 bits per heavy atom. The van der Waals surface area contributed by atoms with Crippen LogP contribution in [0, 0.1) is 0 Å². The van der Waals surface area contributed by atoms with Crippen LogP contribution in [0.2, 0.25) is 0 Å². The highest BCUT2D eigenvalue weighted by Crippen LogP contribution is 2.30. The number of rotatable bonds is 51. The highest BCUT2D eigenvalue weighted by atomic mass is 16.7. The summed E-state index contributed by atoms with van der Waals surface area (Å²) < 4.78 is 22.7. The molecule has 12 unspecified atom stereocenters. The highest BCUT2D eigenvalue weighted by molar-refractivity contribution is 5.76. The Balaban J connectivity index is 1.66. The summed E-state index contributed by atoms with van der Waals surface area (Å²) in [5.74, 6) is -0.282. The summed E-state index contributed by atoms with van der Waals surface area (Å²) in [4.78, 5) is 13.3. The molecule has 0 bridgehead atoms. The summed E-state index contributed by atoms with van der Waals surface area (Å²) >= 11 is 0. The van der Waals surface area contributed by atoms with E-state index >= 15 is 0 Å². The maximum Gasteiger partial charge on any atom is 0.220 e. The van der Waals surface area contributed by atoms with Crippen molar-refractivity contribution in [2.24, 2.45) is 0 Å². The van der Waals surface area contributed by atoms with Crippen LogP contribution in [0.3, 0.4) is 0 Å². The number of hydrogen-bond acceptors (Lipinski definition) is 13. The van der Waals surface area contributed by atoms with Crippen molar-refractivity contribution in [2.75, 3.05) is 19.8 Å². The first kappa shape index (κ1) is 79.4. The lowest BCUT2D eigenvalue weighted by molar-refractivity contribution is -0.359. The average Bonchev–Trinajstić information content (AvgIpc) is 2.45. The van der Waals surface area contributed by atoms with Gasteiger partial charge in [0.25, 0.3) is 0 Å². The predicted octanol–water partition coefficient (Wildman–Crippen LogP) is 13.2. The first-order valence-corrected chi connectivity index (χ1v) is 33.4. The first-order chi connectivity index (χ1) is 43.1. The van der Waals surface area contributed by atoms with Crippen molar-refractivity contribution in [3.05, 3.63) is 170 Å². The van der Waals surface area contributed by atoms with Gasteiger partial charge in [-0.25, -0.2) is 0 Å². The van der Waals surface area contributed by atoms with Gasteiger partial charge in [0.05, 0.1) is 32.0 Å². The number of hydrogen-bond donors (Lipinski definition) is 9. The second-order valence-corrected chi connectivity index (χ2v) is 22.5. The van der Waals surface area contributed by atoms with Crippen LogP contribution < -0.4 is 5.32 Å². The lowest BCUT2D eigenvalue weighted by Crippen LogP contribution is -2.65. The molecule has 0 aromatic heterocycles. The smallest absolute Gasteiger partial charge is 0.220 e. The van der Waals surface area contributed by atoms with Gasteiger partial charge >= 0.3 is 0 Å². The lowest BCUT2D eigenvalue weighted by atomic mass is 9.97. The Morgan fingerprint density at radius 2 is 0.795 bits per heavy atom. The van der Waals surface area contributed by atoms with E-state index in [2.05, 4.69) is 177 Å². The number of amides is 1. The second kappa shape index (κ2) is 56.3. The van der Waals surface area contributed by atoms with E-state index in [0.29, 0.717) is 12.8 Å². The molecule has 2 fully saturated rings. The zero-order chi connectivity index (χ0) is 63.8. The monoisotopic (exact) mass is 1230 g/mol. The molecule has 2 rings (SSSR count). The Bertz CT molecular complexity index is 2130. The summed E-state index contributed by atoms with van der Waals surface area (Å²) in [6.45, 7) is 2.60. The number of aliphatic hydroxyl groups is 8. The van der Waals surface area contributed by atoms with E-state index in [4.69, 9.17) is 18.9 Å². The van der Waals surface area contributed by atoms with Crippen LogP contribution in [0.25, 0.3) is 0 Å². The molecular weight excluding hydrogens is 1110 g/mol. The molecule has 0 aromatic carbocycles. The lowest BCUT2D eigenvalue weighted by Gasteiger charge is -2.46. The van der Waals surface area contributed by atoms with Crippen molar-refractivity contribution in [1.82, 2.24) is 5.32 Å². The standard InChI is InChI=1S/C74H117NO13/c1-3-5-7-9-11-13-15-17-18-19-20-21-22-23-24-25-26-27-28-29-30-31-32-33-34-35-36-37-38-39-40-41-42-43-44-46-48-50-52-54-56-58-66(79)75-62(63(78)57-55-53-51-49-47-45-16-14-12-10-8-6-4-2)61-85-73-71(84)69(82)72(65(60-77)87-73)88-74-70(83)68(81)67(80)64(59-76)86-74/h5,7,11,13,17-18,20-21,23-24,26-27,29-30,32-33,35-36,38-39,41-42,44,46-47,49,55,57,62-65,67-74,76-78,80-84H,3-4,6,8-10,12,14-16,19,22,25,28,31,34,37,40,43,45,48,50-54,56,58-61H2,1-2H3,(H,75,79)/b7-5-,13-11-,18-17-,21-20-,24-23-,27-26-,30-29-,33-32-,36-35-,39-38-,42-41-,46-44-,49-47+,57-55+. The van der Waals surface area contributed by atoms with Gasteiger partial charge in [0.15, 0.2) is 12.6 Å². The van der Waals surface area contributed by atoms with E-state index in [-0.39, 0.29) is 18.9 Å². The minimum Gasteiger partial charge on any atom is -0.394 e. The molecule has 12 atom stereocenters. The summed E-state index contributed by atoms with van der Waals surface area (Å²) in [5, 5.41) is 87.1. The average molecular weight is 1230 g/mol. The number of carbonyl (C=O) groups is 1. The first-order valence-electron chi connectivity index (χ1n) is 33.4. The predicted molar refractivity (Wildman–Crippen MR) is 359 cm³/mol. The van der Waals surface area contributed by atoms with Crippen molar-refractivity contribution in [1.29, 1.82) is 0 Å². The molecule has 14 nitrogen and oxygen atoms in total. The Labute approximate surface area is 530 Å². The minimum atomic E-state index is -1.80. The van der Waals surface area contributed by atoms with Crippen LogP contribution in [0.5, 0.6) is 0 Å². The van der Waals surface area contributed by atoms with E-state index in [0.717, 1.165) is 116 Å². The molecule has 0 saturated carbocycles. The molecule has 0 aromatic rings. The molecule has 2 saturated heterocycles. The number of ether oxygens (including phenoxy) is 4. The topological polar surface area (TPSA) is 228 Å². The Kier molecular flexibility index (Phi) is 50.9. The van der Waals surface area contributed by atoms with Gasteiger partial charge in [0, 0.05) is 6.42 Å². The fourth-order valence-electron chi connectivity index (χ4n) is 9.58. The molecule has 0 spiro atoms. The van der Waals surface area contributed by atoms with Crippen LogP contribution in [0.15, 0.2) is 170 Å². The van der Waals surface area contributed by atoms with E-state index < -0.39 is 86.8 Å². The van der Waals surface area contributed by atoms with Crippen molar-refractivity contribution in [3.63, 3.8) is 0 Å². The van der Waals surface area contributed by atoms with Crippen LogP contribution in [-0.2, 0) is 23.7 Å². The fourth-order valence-corrected chi connectivity index (χ4v) is 9.58. The summed E-state index contributed by atoms with van der Waals surface area (Å²) in [6.07, 6.45) is 71.3. The van der Waals surface area contributed by atoms with Crippen molar-refractivity contribution >= 4 is 5.91 Å². The summed E-state index contributed by atoms with van der Waals surface area (Å²) in [7, 11) is 0. The maximum absolute atomic E-state index is 13.3. The SMILES string of the molecule is CC/C=C\C/C=C\C/C=C\C/C=C\C/C=C\C/C=C\C/C=C\C/C=C\C/C=C\C/C=C\C/C=C\C/C=C\CCCCCCC(=O)NC(COC1OC(CO)C(OC2OC(CO)C(O)C(O)C2O)C(O)C1O)C(O)/C=C/CC/C=C/CCCCCCCCC. The fraction of sp³-hybridized carbons (Fsp3) is 0.608. The molecule has 1 amide bonds. The van der Waals surface area contributed by atoms with Gasteiger partial charge in [0.1, 0.15) is 48.8 Å². The number of aliphatic hydroxyl groups excluding tert-OH is 8. The van der Waals surface area contributed by atoms with Crippen LogP contribution in [0.4, 0.5) is 0 Å². The molecule has 14 heteroatoms. The normalized spacial score (nSPS) is 24.3. The molecule has 2 heterocycles. The number of carbonyl (C=O) groups excluding carboxylic acids is 1. The molecule has 2 aliphatic rings. The molecule has 2 aliphatic heterocycles. The van der Waals surface area contributed by atoms with Crippen molar-refractivity contribution in [2.45, 2.75) is 267 Å². The molecule has 88 heavy (non-hydrogen) atoms. The van der Waals surface area contributed by atoms with Crippen LogP contribution in [-0.4, -0.2) is 140 Å². The van der Waals surface area contributed by atoms with Crippen LogP contribution >= 0.6 is 0 Å². The zero-order valence-corrected chi connectivity index (χ0v) is 53.6. The molecule has 0 radical (unpaired) electrons. The number of allylic oxidation sites excluding steroid dienone is 27. The highest BCUT2D eigenvalue weighted by Gasteiger charge is 2.51. The van der Waals surface area contributed by atoms with Gasteiger partial charge < -0.3 is 65.1 Å². The van der Waals surface area contributed by atoms with E-state index in [1.165, 1.54) is 44.9 Å². The minimum absolute atomic E-state index is 0.232. The van der Waals surface area contributed by atoms with Gasteiger partial charge in [-0.2, -0.15) is 0 Å². The van der Waals surface area contributed by atoms with Gasteiger partial charge in [-0.05, 0) is 122 Å². The molecule has 496 valence electrons. The number of unbranched alkanes of at least 4 members (excludes halogenated alkanes) is 12. The van der Waals surface area contributed by atoms with Crippen molar-refractivity contribution in [3.8, 4) is 0 Å². The summed E-state index contributed by atoms with van der Waals surface area (Å²) in [5.41, 5.74) is 0. The van der Waals surface area contributed by atoms with Gasteiger partial charge in [0.2, 0.25) is 5.91 Å². The molecular formula is C74H117NO13. The van der Waals surface area contributed by atoms with E-state index in [9.17, 15) is 45.6 Å². The summed E-state index contributed by atoms with van der Waals surface area (Å²) in [6, 6.07) is -0.957. The van der Waals surface area contributed by atoms with Gasteiger partial charge in [-0.15, -0.1) is 0 Å². The Morgan fingerprint density at radius 1 is 0.420 bits per heavy atom. The zero-order valence-electron chi connectivity index (χ0n) is 53.6. The number of nitrogens with one attached hydrogen (secondary N) is 1. The van der Waals surface area contributed by atoms with Crippen molar-refractivity contribution < 1.29 is 64.6 Å². The largest absolute Gasteiger partial charge is 0.394 e. The second-order valence-electron chi connectivity index (χ2n) is 22.5. The molecule has 9 N–H and O–H groups in total. The third-order valence-corrected chi connectivity index (χ3v) is 14.9. The third kappa shape index (κ3) is 40.2. The quantitative estimate of drug-likeness (QED) is 0.0204. The van der Waals surface area contributed by atoms with E-state index in [1.807, 2.05) is 6.08 Å². The van der Waals surface area contributed by atoms with Gasteiger partial charge in [-0.1, -0.05) is 235 Å². The van der Waals surface area contributed by atoms with Gasteiger partial charge in [-0.3, -0.25) is 4.79 Å². The van der Waals surface area contributed by atoms with E-state index in [1.54, 1.807) is 6.08 Å².